The average molecular weight is 514 g/mol. The fourth-order valence-electron chi connectivity index (χ4n) is 4.37. The standard InChI is InChI=1S/C26H32FN5O3S/c1-16(2)29-23(33)20-15-36-24(30-20)22-28-11-13-32(22)21-14-31(25(34)35-26(3,4)5)12-10-19(21)17-6-8-18(27)9-7-17/h6-9,11,13,15-16,19,21H,10,12,14H2,1-5H3,(H,29,33). The number of benzene rings is 1. The van der Waals surface area contributed by atoms with E-state index >= 15 is 0 Å². The zero-order valence-corrected chi connectivity index (χ0v) is 22.0. The Bertz CT molecular complexity index is 1210. The molecule has 0 spiro atoms. The summed E-state index contributed by atoms with van der Waals surface area (Å²) >= 11 is 1.34. The summed E-state index contributed by atoms with van der Waals surface area (Å²) in [5.41, 5.74) is 0.724. The van der Waals surface area contributed by atoms with Gasteiger partial charge in [-0.1, -0.05) is 12.1 Å². The molecule has 1 saturated heterocycles. The Morgan fingerprint density at radius 1 is 1.22 bits per heavy atom. The molecule has 2 unspecified atom stereocenters. The van der Waals surface area contributed by atoms with Crippen molar-refractivity contribution in [1.29, 1.82) is 0 Å². The smallest absolute Gasteiger partial charge is 0.410 e. The molecule has 2 amide bonds. The molecule has 1 fully saturated rings. The highest BCUT2D eigenvalue weighted by Gasteiger charge is 2.36. The van der Waals surface area contributed by atoms with Gasteiger partial charge in [0.15, 0.2) is 10.8 Å². The number of ether oxygens (including phenoxy) is 1. The van der Waals surface area contributed by atoms with Gasteiger partial charge in [-0.3, -0.25) is 4.79 Å². The summed E-state index contributed by atoms with van der Waals surface area (Å²) in [5, 5.41) is 5.19. The summed E-state index contributed by atoms with van der Waals surface area (Å²) in [7, 11) is 0. The maximum Gasteiger partial charge on any atom is 0.410 e. The maximum absolute atomic E-state index is 13.7. The van der Waals surface area contributed by atoms with Gasteiger partial charge in [-0.2, -0.15) is 0 Å². The second-order valence-electron chi connectivity index (χ2n) is 10.3. The molecular weight excluding hydrogens is 481 g/mol. The van der Waals surface area contributed by atoms with Gasteiger partial charge < -0.3 is 19.5 Å². The summed E-state index contributed by atoms with van der Waals surface area (Å²) in [5.74, 6) is 0.107. The van der Waals surface area contributed by atoms with Crippen LogP contribution in [-0.4, -0.2) is 56.2 Å². The molecule has 3 aromatic rings. The van der Waals surface area contributed by atoms with E-state index in [2.05, 4.69) is 15.3 Å². The first-order valence-corrected chi connectivity index (χ1v) is 12.9. The molecule has 0 aliphatic carbocycles. The predicted molar refractivity (Wildman–Crippen MR) is 137 cm³/mol. The number of aromatic nitrogens is 3. The van der Waals surface area contributed by atoms with Crippen LogP contribution >= 0.6 is 11.3 Å². The van der Waals surface area contributed by atoms with Crippen molar-refractivity contribution < 1.29 is 18.7 Å². The molecule has 8 nitrogen and oxygen atoms in total. The van der Waals surface area contributed by atoms with Gasteiger partial charge in [-0.25, -0.2) is 19.2 Å². The highest BCUT2D eigenvalue weighted by molar-refractivity contribution is 7.13. The van der Waals surface area contributed by atoms with E-state index in [-0.39, 0.29) is 35.8 Å². The van der Waals surface area contributed by atoms with Crippen LogP contribution < -0.4 is 5.32 Å². The molecule has 0 bridgehead atoms. The maximum atomic E-state index is 13.7. The van der Waals surface area contributed by atoms with Crippen molar-refractivity contribution in [2.75, 3.05) is 13.1 Å². The van der Waals surface area contributed by atoms with Crippen molar-refractivity contribution in [1.82, 2.24) is 24.8 Å². The van der Waals surface area contributed by atoms with Crippen molar-refractivity contribution >= 4 is 23.3 Å². The Balaban J connectivity index is 1.67. The monoisotopic (exact) mass is 513 g/mol. The lowest BCUT2D eigenvalue weighted by Gasteiger charge is -2.40. The summed E-state index contributed by atoms with van der Waals surface area (Å²) in [4.78, 5) is 36.2. The molecule has 0 saturated carbocycles. The molecule has 1 aliphatic heterocycles. The second kappa shape index (κ2) is 10.4. The van der Waals surface area contributed by atoms with Gasteiger partial charge in [0.2, 0.25) is 0 Å². The van der Waals surface area contributed by atoms with Crippen LogP contribution in [0.1, 0.15) is 69.1 Å². The molecule has 2 atom stereocenters. The number of rotatable bonds is 5. The Morgan fingerprint density at radius 2 is 1.94 bits per heavy atom. The highest BCUT2D eigenvalue weighted by Crippen LogP contribution is 2.39. The quantitative estimate of drug-likeness (QED) is 0.503. The van der Waals surface area contributed by atoms with E-state index in [9.17, 15) is 14.0 Å². The summed E-state index contributed by atoms with van der Waals surface area (Å²) in [6.45, 7) is 10.2. The SMILES string of the molecule is CC(C)NC(=O)c1csc(-c2nccn2C2CN(C(=O)OC(C)(C)C)CCC2c2ccc(F)cc2)n1. The first-order valence-electron chi connectivity index (χ1n) is 12.0. The molecule has 1 aliphatic rings. The molecule has 4 rings (SSSR count). The van der Waals surface area contributed by atoms with Gasteiger partial charge in [0.05, 0.1) is 6.04 Å². The Morgan fingerprint density at radius 3 is 2.61 bits per heavy atom. The number of nitrogens with zero attached hydrogens (tertiary/aromatic N) is 4. The molecule has 2 aromatic heterocycles. The third kappa shape index (κ3) is 5.92. The molecule has 36 heavy (non-hydrogen) atoms. The number of imidazole rings is 1. The third-order valence-corrected chi connectivity index (χ3v) is 6.74. The molecule has 10 heteroatoms. The van der Waals surface area contributed by atoms with Crippen LogP contribution in [0.15, 0.2) is 42.0 Å². The lowest BCUT2D eigenvalue weighted by Crippen LogP contribution is -2.46. The predicted octanol–water partition coefficient (Wildman–Crippen LogP) is 5.25. The van der Waals surface area contributed by atoms with Crippen LogP contribution in [0.25, 0.3) is 10.8 Å². The summed E-state index contributed by atoms with van der Waals surface area (Å²) < 4.78 is 21.3. The Hall–Kier alpha value is -3.27. The fraction of sp³-hybridized carbons (Fsp3) is 0.462. The van der Waals surface area contributed by atoms with E-state index in [0.717, 1.165) is 5.56 Å². The van der Waals surface area contributed by atoms with Gasteiger partial charge in [0.25, 0.3) is 5.91 Å². The fourth-order valence-corrected chi connectivity index (χ4v) is 5.17. The number of hydrogen-bond acceptors (Lipinski definition) is 6. The van der Waals surface area contributed by atoms with Crippen LogP contribution in [0.5, 0.6) is 0 Å². The van der Waals surface area contributed by atoms with Crippen LogP contribution in [0.4, 0.5) is 9.18 Å². The minimum atomic E-state index is -0.603. The number of carbonyl (C=O) groups excluding carboxylic acids is 2. The number of thiazole rings is 1. The van der Waals surface area contributed by atoms with E-state index in [1.54, 1.807) is 28.6 Å². The zero-order valence-electron chi connectivity index (χ0n) is 21.2. The first-order chi connectivity index (χ1) is 17.0. The van der Waals surface area contributed by atoms with Crippen molar-refractivity contribution in [3.05, 3.63) is 59.1 Å². The molecule has 192 valence electrons. The van der Waals surface area contributed by atoms with Gasteiger partial charge in [-0.05, 0) is 58.7 Å². The lowest BCUT2D eigenvalue weighted by molar-refractivity contribution is 0.0153. The van der Waals surface area contributed by atoms with Crippen molar-refractivity contribution in [3.63, 3.8) is 0 Å². The van der Waals surface area contributed by atoms with Crippen molar-refractivity contribution in [2.45, 2.75) is 64.6 Å². The van der Waals surface area contributed by atoms with E-state index in [4.69, 9.17) is 4.74 Å². The molecule has 0 radical (unpaired) electrons. The van der Waals surface area contributed by atoms with Gasteiger partial charge in [0.1, 0.15) is 17.1 Å². The highest BCUT2D eigenvalue weighted by atomic mass is 32.1. The third-order valence-electron chi connectivity index (χ3n) is 5.91. The Kier molecular flexibility index (Phi) is 7.44. The summed E-state index contributed by atoms with van der Waals surface area (Å²) in [6, 6.07) is 6.33. The van der Waals surface area contributed by atoms with Crippen LogP contribution in [-0.2, 0) is 4.74 Å². The number of hydrogen-bond donors (Lipinski definition) is 1. The van der Waals surface area contributed by atoms with E-state index < -0.39 is 5.60 Å². The Labute approximate surface area is 214 Å². The minimum Gasteiger partial charge on any atom is -0.444 e. The number of amides is 2. The number of likely N-dealkylation sites (tertiary alicyclic amines) is 1. The normalized spacial score (nSPS) is 18.4. The second-order valence-corrected chi connectivity index (χ2v) is 11.1. The van der Waals surface area contributed by atoms with Gasteiger partial charge in [0, 0.05) is 42.8 Å². The topological polar surface area (TPSA) is 89.4 Å². The van der Waals surface area contributed by atoms with E-state index in [0.29, 0.717) is 36.0 Å². The van der Waals surface area contributed by atoms with Crippen molar-refractivity contribution in [2.24, 2.45) is 0 Å². The van der Waals surface area contributed by atoms with E-state index in [1.165, 1.54) is 23.5 Å². The lowest BCUT2D eigenvalue weighted by atomic mass is 9.85. The zero-order chi connectivity index (χ0) is 26.0. The number of piperidine rings is 1. The number of carbonyl (C=O) groups is 2. The van der Waals surface area contributed by atoms with Crippen LogP contribution in [0, 0.1) is 5.82 Å². The van der Waals surface area contributed by atoms with E-state index in [1.807, 2.05) is 45.4 Å². The number of nitrogens with one attached hydrogen (secondary N) is 1. The molecular formula is C26H32FN5O3S. The summed E-state index contributed by atoms with van der Waals surface area (Å²) in [6.07, 6.45) is 3.87. The minimum absolute atomic E-state index is 0.00202. The van der Waals surface area contributed by atoms with Gasteiger partial charge in [-0.15, -0.1) is 11.3 Å². The van der Waals surface area contributed by atoms with Crippen LogP contribution in [0.3, 0.4) is 0 Å². The average Bonchev–Trinajstić information content (AvgIpc) is 3.47. The van der Waals surface area contributed by atoms with Crippen molar-refractivity contribution in [3.8, 4) is 10.8 Å². The largest absolute Gasteiger partial charge is 0.444 e. The van der Waals surface area contributed by atoms with Crippen LogP contribution in [0.2, 0.25) is 0 Å². The molecule has 3 heterocycles. The van der Waals surface area contributed by atoms with Gasteiger partial charge >= 0.3 is 6.09 Å². The number of halogens is 1. The first kappa shape index (κ1) is 25.8. The molecule has 1 N–H and O–H groups in total. The molecule has 1 aromatic carbocycles.